The minimum absolute atomic E-state index is 0.169. The van der Waals surface area contributed by atoms with Crippen LogP contribution >= 0.6 is 0 Å². The molecule has 1 heterocycles. The highest BCUT2D eigenvalue weighted by atomic mass is 19.3. The molecule has 0 saturated heterocycles. The molecule has 1 aromatic heterocycles. The van der Waals surface area contributed by atoms with Gasteiger partial charge in [0, 0.05) is 25.7 Å². The summed E-state index contributed by atoms with van der Waals surface area (Å²) >= 11 is 0. The molecule has 0 unspecified atom stereocenters. The third-order valence-electron chi connectivity index (χ3n) is 2.45. The highest BCUT2D eigenvalue weighted by molar-refractivity contribution is 5.16. The van der Waals surface area contributed by atoms with Gasteiger partial charge in [-0.1, -0.05) is 6.07 Å². The first-order chi connectivity index (χ1) is 7.05. The average molecular weight is 212 g/mol. The van der Waals surface area contributed by atoms with E-state index in [0.717, 1.165) is 12.5 Å². The van der Waals surface area contributed by atoms with Crippen LogP contribution in [0.3, 0.4) is 0 Å². The second kappa shape index (κ2) is 3.85. The topological polar surface area (TPSA) is 24.9 Å². The van der Waals surface area contributed by atoms with Gasteiger partial charge in [-0.15, -0.1) is 0 Å². The fourth-order valence-corrected chi connectivity index (χ4v) is 1.34. The van der Waals surface area contributed by atoms with Crippen molar-refractivity contribution in [3.8, 4) is 0 Å². The van der Waals surface area contributed by atoms with Crippen LogP contribution in [0.5, 0.6) is 0 Å². The Bertz CT molecular complexity index is 325. The van der Waals surface area contributed by atoms with Crippen LogP contribution in [0.4, 0.5) is 8.78 Å². The molecule has 1 aromatic rings. The molecule has 2 nitrogen and oxygen atoms in total. The monoisotopic (exact) mass is 212 g/mol. The van der Waals surface area contributed by atoms with Crippen molar-refractivity contribution >= 4 is 0 Å². The van der Waals surface area contributed by atoms with E-state index in [9.17, 15) is 8.78 Å². The molecule has 82 valence electrons. The van der Waals surface area contributed by atoms with E-state index in [1.807, 2.05) is 0 Å². The smallest absolute Gasteiger partial charge is 0.286 e. The molecule has 2 rings (SSSR count). The molecule has 0 spiro atoms. The van der Waals surface area contributed by atoms with Gasteiger partial charge in [0.1, 0.15) is 5.69 Å². The van der Waals surface area contributed by atoms with E-state index in [1.165, 1.54) is 25.1 Å². The summed E-state index contributed by atoms with van der Waals surface area (Å²) in [5.74, 6) is -2.84. The van der Waals surface area contributed by atoms with Crippen LogP contribution in [-0.2, 0) is 12.5 Å². The van der Waals surface area contributed by atoms with Crippen molar-refractivity contribution < 1.29 is 8.78 Å². The average Bonchev–Trinajstić information content (AvgIpc) is 2.97. The van der Waals surface area contributed by atoms with Crippen molar-refractivity contribution in [3.63, 3.8) is 0 Å². The minimum atomic E-state index is -2.84. The van der Waals surface area contributed by atoms with Crippen molar-refractivity contribution in [3.05, 3.63) is 29.6 Å². The Morgan fingerprint density at radius 1 is 1.47 bits per heavy atom. The Kier molecular flexibility index (Phi) is 2.69. The van der Waals surface area contributed by atoms with Gasteiger partial charge >= 0.3 is 0 Å². The largest absolute Gasteiger partial charge is 0.310 e. The van der Waals surface area contributed by atoms with Crippen molar-refractivity contribution in [2.24, 2.45) is 0 Å². The Morgan fingerprint density at radius 3 is 2.67 bits per heavy atom. The standard InChI is InChI=1S/C11H14F2N2/c1-11(12,13)10-5-2-8(7-15-10)6-14-9-3-4-9/h2,5,7,9,14H,3-4,6H2,1H3. The van der Waals surface area contributed by atoms with Gasteiger partial charge in [0.05, 0.1) is 0 Å². The first-order valence-corrected chi connectivity index (χ1v) is 5.12. The van der Waals surface area contributed by atoms with E-state index in [2.05, 4.69) is 10.3 Å². The van der Waals surface area contributed by atoms with Crippen LogP contribution in [-0.4, -0.2) is 11.0 Å². The van der Waals surface area contributed by atoms with Gasteiger partial charge in [0.25, 0.3) is 5.92 Å². The Balaban J connectivity index is 1.96. The minimum Gasteiger partial charge on any atom is -0.310 e. The molecule has 15 heavy (non-hydrogen) atoms. The van der Waals surface area contributed by atoms with Gasteiger partial charge in [-0.3, -0.25) is 4.98 Å². The summed E-state index contributed by atoms with van der Waals surface area (Å²) in [4.78, 5) is 3.76. The number of nitrogens with one attached hydrogen (secondary N) is 1. The quantitative estimate of drug-likeness (QED) is 0.829. The molecule has 1 fully saturated rings. The Hall–Kier alpha value is -1.03. The summed E-state index contributed by atoms with van der Waals surface area (Å²) in [7, 11) is 0. The number of hydrogen-bond acceptors (Lipinski definition) is 2. The molecule has 4 heteroatoms. The summed E-state index contributed by atoms with van der Waals surface area (Å²) < 4.78 is 25.7. The molecule has 1 aliphatic rings. The van der Waals surface area contributed by atoms with Crippen LogP contribution in [0, 0.1) is 0 Å². The third kappa shape index (κ3) is 2.96. The van der Waals surface area contributed by atoms with Crippen LogP contribution in [0.2, 0.25) is 0 Å². The van der Waals surface area contributed by atoms with E-state index in [0.29, 0.717) is 12.6 Å². The van der Waals surface area contributed by atoms with Gasteiger partial charge in [-0.05, 0) is 24.5 Å². The van der Waals surface area contributed by atoms with Crippen molar-refractivity contribution in [2.45, 2.75) is 38.3 Å². The summed E-state index contributed by atoms with van der Waals surface area (Å²) in [5.41, 5.74) is 0.785. The van der Waals surface area contributed by atoms with Gasteiger partial charge in [0.15, 0.2) is 0 Å². The number of halogens is 2. The van der Waals surface area contributed by atoms with Crippen molar-refractivity contribution in [1.82, 2.24) is 10.3 Å². The zero-order valence-electron chi connectivity index (χ0n) is 8.63. The number of pyridine rings is 1. The fourth-order valence-electron chi connectivity index (χ4n) is 1.34. The molecule has 0 aromatic carbocycles. The Morgan fingerprint density at radius 2 is 2.20 bits per heavy atom. The second-order valence-electron chi connectivity index (χ2n) is 4.10. The maximum Gasteiger partial charge on any atom is 0.286 e. The van der Waals surface area contributed by atoms with Gasteiger partial charge < -0.3 is 5.32 Å². The maximum atomic E-state index is 12.8. The Labute approximate surface area is 87.7 Å². The molecule has 1 aliphatic carbocycles. The van der Waals surface area contributed by atoms with Gasteiger partial charge in [-0.2, -0.15) is 8.78 Å². The van der Waals surface area contributed by atoms with E-state index in [4.69, 9.17) is 0 Å². The first kappa shape index (κ1) is 10.5. The normalized spacial score (nSPS) is 16.7. The van der Waals surface area contributed by atoms with Crippen molar-refractivity contribution in [1.29, 1.82) is 0 Å². The lowest BCUT2D eigenvalue weighted by Gasteiger charge is -2.09. The lowest BCUT2D eigenvalue weighted by atomic mass is 10.2. The SMILES string of the molecule is CC(F)(F)c1ccc(CNC2CC2)cn1. The second-order valence-corrected chi connectivity index (χ2v) is 4.10. The molecule has 0 bridgehead atoms. The maximum absolute atomic E-state index is 12.8. The molecule has 0 radical (unpaired) electrons. The lowest BCUT2D eigenvalue weighted by molar-refractivity contribution is 0.0127. The highest BCUT2D eigenvalue weighted by Crippen LogP contribution is 2.25. The van der Waals surface area contributed by atoms with E-state index in [1.54, 1.807) is 6.07 Å². The van der Waals surface area contributed by atoms with Crippen LogP contribution < -0.4 is 5.32 Å². The molecular weight excluding hydrogens is 198 g/mol. The number of alkyl halides is 2. The third-order valence-corrected chi connectivity index (χ3v) is 2.45. The number of nitrogens with zero attached hydrogens (tertiary/aromatic N) is 1. The van der Waals surface area contributed by atoms with Crippen LogP contribution in [0.15, 0.2) is 18.3 Å². The number of hydrogen-bond donors (Lipinski definition) is 1. The molecule has 1 saturated carbocycles. The summed E-state index contributed by atoms with van der Waals surface area (Å²) in [6.07, 6.45) is 3.96. The molecular formula is C11H14F2N2. The zero-order valence-corrected chi connectivity index (χ0v) is 8.63. The number of rotatable bonds is 4. The first-order valence-electron chi connectivity index (χ1n) is 5.12. The molecule has 0 atom stereocenters. The highest BCUT2D eigenvalue weighted by Gasteiger charge is 2.25. The molecule has 0 amide bonds. The lowest BCUT2D eigenvalue weighted by Crippen LogP contribution is -2.16. The summed E-state index contributed by atoms with van der Waals surface area (Å²) in [6.45, 7) is 1.57. The predicted octanol–water partition coefficient (Wildman–Crippen LogP) is 2.45. The van der Waals surface area contributed by atoms with Crippen molar-refractivity contribution in [2.75, 3.05) is 0 Å². The van der Waals surface area contributed by atoms with E-state index in [-0.39, 0.29) is 5.69 Å². The summed E-state index contributed by atoms with van der Waals surface area (Å²) in [6, 6.07) is 3.72. The van der Waals surface area contributed by atoms with Gasteiger partial charge in [-0.25, -0.2) is 0 Å². The molecule has 1 N–H and O–H groups in total. The summed E-state index contributed by atoms with van der Waals surface area (Å²) in [5, 5.41) is 3.30. The van der Waals surface area contributed by atoms with Crippen LogP contribution in [0.1, 0.15) is 31.0 Å². The van der Waals surface area contributed by atoms with Gasteiger partial charge in [0.2, 0.25) is 0 Å². The number of aromatic nitrogens is 1. The van der Waals surface area contributed by atoms with E-state index >= 15 is 0 Å². The van der Waals surface area contributed by atoms with Crippen LogP contribution in [0.25, 0.3) is 0 Å². The van der Waals surface area contributed by atoms with E-state index < -0.39 is 5.92 Å². The zero-order chi connectivity index (χ0) is 10.9. The predicted molar refractivity (Wildman–Crippen MR) is 53.7 cm³/mol. The fraction of sp³-hybridized carbons (Fsp3) is 0.545. The molecule has 0 aliphatic heterocycles.